The van der Waals surface area contributed by atoms with E-state index in [1.807, 2.05) is 31.2 Å². The summed E-state index contributed by atoms with van der Waals surface area (Å²) in [4.78, 5) is 39.2. The second-order valence-electron chi connectivity index (χ2n) is 7.43. The first-order chi connectivity index (χ1) is 15.0. The molecule has 3 aromatic carbocycles. The first-order valence-corrected chi connectivity index (χ1v) is 9.94. The quantitative estimate of drug-likeness (QED) is 0.486. The highest BCUT2D eigenvalue weighted by atomic mass is 16.5. The Balaban J connectivity index is 1.77. The van der Waals surface area contributed by atoms with Crippen LogP contribution in [0.1, 0.15) is 11.1 Å². The van der Waals surface area contributed by atoms with Gasteiger partial charge in [0.1, 0.15) is 5.75 Å². The van der Waals surface area contributed by atoms with Crippen LogP contribution in [0.2, 0.25) is 0 Å². The van der Waals surface area contributed by atoms with E-state index in [4.69, 9.17) is 4.74 Å². The Labute approximate surface area is 179 Å². The van der Waals surface area contributed by atoms with Crippen molar-refractivity contribution in [1.82, 2.24) is 9.13 Å². The molecule has 0 aliphatic rings. The van der Waals surface area contributed by atoms with E-state index in [0.717, 1.165) is 15.7 Å². The minimum absolute atomic E-state index is 0.127. The predicted molar refractivity (Wildman–Crippen MR) is 120 cm³/mol. The molecule has 0 N–H and O–H groups in total. The maximum atomic E-state index is 13.3. The molecule has 156 valence electrons. The lowest BCUT2D eigenvalue weighted by atomic mass is 10.1. The SMILES string of the molecule is COc1ccc(CC(=O)Cn2c(=O)n(-c3ccc(C)cc3)c(=O)c3ccccc32)cc1. The van der Waals surface area contributed by atoms with Gasteiger partial charge in [0.2, 0.25) is 0 Å². The molecule has 0 aliphatic heterocycles. The highest BCUT2D eigenvalue weighted by Gasteiger charge is 2.16. The number of ketones is 1. The number of Topliss-reactive ketones (excluding diaryl/α,β-unsaturated/α-hetero) is 1. The summed E-state index contributed by atoms with van der Waals surface area (Å²) in [6.45, 7) is 1.81. The Morgan fingerprint density at radius 3 is 2.26 bits per heavy atom. The summed E-state index contributed by atoms with van der Waals surface area (Å²) in [5.41, 5.74) is 1.84. The molecule has 0 fully saturated rings. The average molecular weight is 414 g/mol. The van der Waals surface area contributed by atoms with Crippen molar-refractivity contribution in [2.24, 2.45) is 0 Å². The van der Waals surface area contributed by atoms with E-state index in [2.05, 4.69) is 0 Å². The van der Waals surface area contributed by atoms with Gasteiger partial charge in [-0.1, -0.05) is 42.0 Å². The smallest absolute Gasteiger partial charge is 0.336 e. The zero-order valence-corrected chi connectivity index (χ0v) is 17.4. The Kier molecular flexibility index (Phi) is 5.54. The number of benzene rings is 3. The number of methoxy groups -OCH3 is 1. The fourth-order valence-electron chi connectivity index (χ4n) is 3.60. The molecule has 1 heterocycles. The lowest BCUT2D eigenvalue weighted by Gasteiger charge is -2.14. The molecule has 0 aliphatic carbocycles. The fourth-order valence-corrected chi connectivity index (χ4v) is 3.60. The zero-order valence-electron chi connectivity index (χ0n) is 17.4. The number of fused-ring (bicyclic) bond motifs is 1. The molecule has 6 heteroatoms. The largest absolute Gasteiger partial charge is 0.497 e. The van der Waals surface area contributed by atoms with E-state index in [1.165, 1.54) is 4.57 Å². The van der Waals surface area contributed by atoms with Crippen molar-refractivity contribution in [3.8, 4) is 11.4 Å². The molecule has 6 nitrogen and oxygen atoms in total. The number of carbonyl (C=O) groups excluding carboxylic acids is 1. The normalized spacial score (nSPS) is 10.9. The predicted octanol–water partition coefficient (Wildman–Crippen LogP) is 3.28. The minimum atomic E-state index is -0.532. The number of hydrogen-bond donors (Lipinski definition) is 0. The standard InChI is InChI=1S/C25H22N2O4/c1-17-7-11-19(12-8-17)27-24(29)22-5-3-4-6-23(22)26(25(27)30)16-20(28)15-18-9-13-21(31-2)14-10-18/h3-14H,15-16H2,1-2H3. The van der Waals surface area contributed by atoms with Gasteiger partial charge in [-0.25, -0.2) is 9.36 Å². The van der Waals surface area contributed by atoms with Crippen LogP contribution in [-0.2, 0) is 17.8 Å². The van der Waals surface area contributed by atoms with Gasteiger partial charge in [0, 0.05) is 6.42 Å². The first-order valence-electron chi connectivity index (χ1n) is 9.94. The maximum Gasteiger partial charge on any atom is 0.336 e. The Morgan fingerprint density at radius 2 is 1.58 bits per heavy atom. The van der Waals surface area contributed by atoms with E-state index < -0.39 is 11.2 Å². The molecule has 0 bridgehead atoms. The topological polar surface area (TPSA) is 70.3 Å². The van der Waals surface area contributed by atoms with Crippen LogP contribution < -0.4 is 16.0 Å². The van der Waals surface area contributed by atoms with Crippen molar-refractivity contribution in [2.45, 2.75) is 19.9 Å². The van der Waals surface area contributed by atoms with Crippen molar-refractivity contribution in [3.05, 3.63) is 105 Å². The van der Waals surface area contributed by atoms with Crippen molar-refractivity contribution in [2.75, 3.05) is 7.11 Å². The maximum absolute atomic E-state index is 13.3. The lowest BCUT2D eigenvalue weighted by molar-refractivity contribution is -0.119. The summed E-state index contributed by atoms with van der Waals surface area (Å²) in [5.74, 6) is 0.579. The molecule has 0 unspecified atom stereocenters. The van der Waals surface area contributed by atoms with Crippen LogP contribution in [0.5, 0.6) is 5.75 Å². The second-order valence-corrected chi connectivity index (χ2v) is 7.43. The molecule has 0 amide bonds. The molecule has 0 radical (unpaired) electrons. The van der Waals surface area contributed by atoms with Gasteiger partial charge in [-0.2, -0.15) is 0 Å². The summed E-state index contributed by atoms with van der Waals surface area (Å²) in [6, 6.07) is 21.3. The molecular weight excluding hydrogens is 392 g/mol. The third kappa shape index (κ3) is 4.05. The van der Waals surface area contributed by atoms with Gasteiger partial charge in [-0.05, 0) is 48.9 Å². The summed E-state index contributed by atoms with van der Waals surface area (Å²) in [7, 11) is 1.58. The highest BCUT2D eigenvalue weighted by Crippen LogP contribution is 2.14. The first kappa shape index (κ1) is 20.3. The molecule has 4 rings (SSSR count). The molecular formula is C25H22N2O4. The number of aryl methyl sites for hydroxylation is 1. The molecule has 0 spiro atoms. The van der Waals surface area contributed by atoms with E-state index in [-0.39, 0.29) is 18.7 Å². The number of aromatic nitrogens is 2. The van der Waals surface area contributed by atoms with Gasteiger partial charge in [-0.3, -0.25) is 14.2 Å². The second kappa shape index (κ2) is 8.44. The van der Waals surface area contributed by atoms with Crippen LogP contribution in [0.15, 0.2) is 82.4 Å². The van der Waals surface area contributed by atoms with E-state index in [9.17, 15) is 14.4 Å². The highest BCUT2D eigenvalue weighted by molar-refractivity contribution is 5.84. The average Bonchev–Trinajstić information content (AvgIpc) is 2.78. The van der Waals surface area contributed by atoms with Crippen LogP contribution in [0.25, 0.3) is 16.6 Å². The summed E-state index contributed by atoms with van der Waals surface area (Å²) in [6.07, 6.45) is 0.175. The van der Waals surface area contributed by atoms with Gasteiger partial charge in [0.15, 0.2) is 5.78 Å². The van der Waals surface area contributed by atoms with Crippen LogP contribution in [0.4, 0.5) is 0 Å². The molecule has 1 aromatic heterocycles. The van der Waals surface area contributed by atoms with Crippen molar-refractivity contribution in [1.29, 1.82) is 0 Å². The van der Waals surface area contributed by atoms with Gasteiger partial charge < -0.3 is 4.74 Å². The minimum Gasteiger partial charge on any atom is -0.497 e. The van der Waals surface area contributed by atoms with Crippen LogP contribution in [0.3, 0.4) is 0 Å². The molecule has 0 saturated heterocycles. The third-order valence-electron chi connectivity index (χ3n) is 5.24. The molecule has 31 heavy (non-hydrogen) atoms. The third-order valence-corrected chi connectivity index (χ3v) is 5.24. The zero-order chi connectivity index (χ0) is 22.0. The number of nitrogens with zero attached hydrogens (tertiary/aromatic N) is 2. The van der Waals surface area contributed by atoms with Crippen LogP contribution >= 0.6 is 0 Å². The summed E-state index contributed by atoms with van der Waals surface area (Å²) >= 11 is 0. The number of rotatable bonds is 6. The monoisotopic (exact) mass is 414 g/mol. The van der Waals surface area contributed by atoms with Crippen molar-refractivity contribution in [3.63, 3.8) is 0 Å². The Morgan fingerprint density at radius 1 is 0.903 bits per heavy atom. The number of ether oxygens (including phenoxy) is 1. The molecule has 4 aromatic rings. The molecule has 0 atom stereocenters. The lowest BCUT2D eigenvalue weighted by Crippen LogP contribution is -2.40. The van der Waals surface area contributed by atoms with Gasteiger partial charge in [0.25, 0.3) is 5.56 Å². The van der Waals surface area contributed by atoms with E-state index in [0.29, 0.717) is 22.3 Å². The van der Waals surface area contributed by atoms with Crippen LogP contribution in [0, 0.1) is 6.92 Å². The number of hydrogen-bond acceptors (Lipinski definition) is 4. The van der Waals surface area contributed by atoms with E-state index >= 15 is 0 Å². The van der Waals surface area contributed by atoms with Crippen molar-refractivity contribution >= 4 is 16.7 Å². The van der Waals surface area contributed by atoms with Gasteiger partial charge in [0.05, 0.1) is 30.2 Å². The summed E-state index contributed by atoms with van der Waals surface area (Å²) < 4.78 is 7.65. The van der Waals surface area contributed by atoms with Crippen LogP contribution in [-0.4, -0.2) is 22.0 Å². The Bertz CT molecular complexity index is 1360. The summed E-state index contributed by atoms with van der Waals surface area (Å²) in [5, 5.41) is 0.389. The number of para-hydroxylation sites is 1. The van der Waals surface area contributed by atoms with E-state index in [1.54, 1.807) is 55.6 Å². The Hall–Kier alpha value is -3.93. The fraction of sp³-hybridized carbons (Fsp3) is 0.160. The number of carbonyl (C=O) groups is 1. The van der Waals surface area contributed by atoms with Gasteiger partial charge in [-0.15, -0.1) is 0 Å². The van der Waals surface area contributed by atoms with Gasteiger partial charge >= 0.3 is 5.69 Å². The molecule has 0 saturated carbocycles. The van der Waals surface area contributed by atoms with Crippen molar-refractivity contribution < 1.29 is 9.53 Å².